The third kappa shape index (κ3) is 3.25. The molecule has 1 heterocycles. The molecule has 0 spiro atoms. The van der Waals surface area contributed by atoms with Crippen molar-refractivity contribution >= 4 is 5.91 Å². The van der Waals surface area contributed by atoms with E-state index in [1.54, 1.807) is 0 Å². The van der Waals surface area contributed by atoms with E-state index < -0.39 is 0 Å². The van der Waals surface area contributed by atoms with Gasteiger partial charge in [0.25, 0.3) is 5.91 Å². The molecular weight excluding hydrogens is 182 g/mol. The molecule has 1 fully saturated rings. The first kappa shape index (κ1) is 11.4. The molecule has 0 bridgehead atoms. The van der Waals surface area contributed by atoms with Gasteiger partial charge < -0.3 is 15.8 Å². The van der Waals surface area contributed by atoms with Gasteiger partial charge in [0.2, 0.25) is 0 Å². The van der Waals surface area contributed by atoms with Crippen LogP contribution in [0, 0.1) is 0 Å². The van der Waals surface area contributed by atoms with Gasteiger partial charge in [-0.3, -0.25) is 9.69 Å². The van der Waals surface area contributed by atoms with E-state index in [1.807, 2.05) is 0 Å². The average molecular weight is 201 g/mol. The summed E-state index contributed by atoms with van der Waals surface area (Å²) < 4.78 is 5.37. The first-order chi connectivity index (χ1) is 6.77. The molecule has 1 unspecified atom stereocenters. The number of hydrogen-bond acceptors (Lipinski definition) is 4. The summed E-state index contributed by atoms with van der Waals surface area (Å²) >= 11 is 0. The van der Waals surface area contributed by atoms with Crippen molar-refractivity contribution in [2.75, 3.05) is 39.3 Å². The van der Waals surface area contributed by atoms with Crippen LogP contribution in [0.4, 0.5) is 0 Å². The van der Waals surface area contributed by atoms with Crippen LogP contribution in [-0.4, -0.2) is 56.2 Å². The predicted octanol–water partition coefficient (Wildman–Crippen LogP) is -1.22. The largest absolute Gasteiger partial charge is 0.366 e. The lowest BCUT2D eigenvalue weighted by Gasteiger charge is -2.31. The summed E-state index contributed by atoms with van der Waals surface area (Å²) in [6.07, 6.45) is -0.324. The van der Waals surface area contributed by atoms with Gasteiger partial charge in [-0.05, 0) is 6.54 Å². The smallest absolute Gasteiger partial charge is 0.250 e. The van der Waals surface area contributed by atoms with Crippen molar-refractivity contribution in [3.8, 4) is 0 Å². The molecule has 0 radical (unpaired) electrons. The molecule has 0 saturated carbocycles. The maximum absolute atomic E-state index is 11.5. The zero-order chi connectivity index (χ0) is 10.4. The monoisotopic (exact) mass is 201 g/mol. The third-order valence-corrected chi connectivity index (χ3v) is 2.33. The maximum Gasteiger partial charge on any atom is 0.250 e. The van der Waals surface area contributed by atoms with Crippen LogP contribution in [0.3, 0.4) is 0 Å². The number of nitrogens with two attached hydrogens (primary N) is 1. The van der Waals surface area contributed by atoms with Gasteiger partial charge >= 0.3 is 0 Å². The molecule has 0 aromatic heterocycles. The van der Waals surface area contributed by atoms with E-state index in [0.717, 1.165) is 13.1 Å². The number of nitrogens with one attached hydrogen (secondary N) is 1. The molecule has 1 atom stereocenters. The average Bonchev–Trinajstić information content (AvgIpc) is 2.26. The Morgan fingerprint density at radius 3 is 3.14 bits per heavy atom. The summed E-state index contributed by atoms with van der Waals surface area (Å²) in [5, 5.41) is 2.73. The van der Waals surface area contributed by atoms with Crippen LogP contribution >= 0.6 is 0 Å². The molecule has 1 aliphatic heterocycles. The molecule has 0 aromatic carbocycles. The van der Waals surface area contributed by atoms with E-state index in [4.69, 9.17) is 10.5 Å². The zero-order valence-corrected chi connectivity index (χ0v) is 8.66. The van der Waals surface area contributed by atoms with Crippen LogP contribution in [-0.2, 0) is 9.53 Å². The highest BCUT2D eigenvalue weighted by Gasteiger charge is 2.25. The Labute approximate surface area is 84.6 Å². The highest BCUT2D eigenvalue weighted by atomic mass is 16.5. The fraction of sp³-hybridized carbons (Fsp3) is 0.889. The van der Waals surface area contributed by atoms with Crippen molar-refractivity contribution in [1.29, 1.82) is 0 Å². The molecule has 0 aliphatic carbocycles. The molecule has 14 heavy (non-hydrogen) atoms. The number of rotatable bonds is 4. The van der Waals surface area contributed by atoms with Gasteiger partial charge in [0.15, 0.2) is 0 Å². The third-order valence-electron chi connectivity index (χ3n) is 2.33. The van der Waals surface area contributed by atoms with Crippen molar-refractivity contribution < 1.29 is 9.53 Å². The predicted molar refractivity (Wildman–Crippen MR) is 53.9 cm³/mol. The Morgan fingerprint density at radius 1 is 1.71 bits per heavy atom. The summed E-state index contributed by atoms with van der Waals surface area (Å²) in [5.41, 5.74) is 5.29. The fourth-order valence-electron chi connectivity index (χ4n) is 1.46. The van der Waals surface area contributed by atoms with Crippen LogP contribution in [0.15, 0.2) is 0 Å². The Kier molecular flexibility index (Phi) is 4.86. The number of nitrogens with zero attached hydrogens (tertiary/aromatic N) is 1. The topological polar surface area (TPSA) is 67.6 Å². The Balaban J connectivity index is 2.31. The van der Waals surface area contributed by atoms with E-state index in [9.17, 15) is 4.79 Å². The molecule has 1 saturated heterocycles. The lowest BCUT2D eigenvalue weighted by Crippen LogP contribution is -2.50. The van der Waals surface area contributed by atoms with E-state index in [1.165, 1.54) is 0 Å². The Hall–Kier alpha value is -0.650. The summed E-state index contributed by atoms with van der Waals surface area (Å²) in [7, 11) is 0. The number of carbonyl (C=O) groups excluding carboxylic acids is 1. The summed E-state index contributed by atoms with van der Waals surface area (Å²) in [5.74, 6) is -0.0476. The number of amides is 1. The van der Waals surface area contributed by atoms with Gasteiger partial charge in [-0.25, -0.2) is 0 Å². The molecular formula is C9H19N3O2. The minimum absolute atomic E-state index is 0.0476. The highest BCUT2D eigenvalue weighted by Crippen LogP contribution is 2.04. The van der Waals surface area contributed by atoms with Crippen LogP contribution in [0.25, 0.3) is 0 Å². The second kappa shape index (κ2) is 5.95. The molecule has 1 aliphatic rings. The van der Waals surface area contributed by atoms with Gasteiger partial charge in [-0.1, -0.05) is 6.92 Å². The first-order valence-corrected chi connectivity index (χ1v) is 5.09. The van der Waals surface area contributed by atoms with E-state index in [0.29, 0.717) is 26.2 Å². The van der Waals surface area contributed by atoms with Crippen LogP contribution in [0.5, 0.6) is 0 Å². The zero-order valence-electron chi connectivity index (χ0n) is 8.66. The van der Waals surface area contributed by atoms with Crippen molar-refractivity contribution in [2.24, 2.45) is 5.73 Å². The summed E-state index contributed by atoms with van der Waals surface area (Å²) in [6, 6.07) is 0. The maximum atomic E-state index is 11.5. The number of carbonyl (C=O) groups is 1. The van der Waals surface area contributed by atoms with Crippen molar-refractivity contribution in [3.05, 3.63) is 0 Å². The number of ether oxygens (including phenoxy) is 1. The molecule has 5 heteroatoms. The van der Waals surface area contributed by atoms with Crippen molar-refractivity contribution in [3.63, 3.8) is 0 Å². The van der Waals surface area contributed by atoms with Gasteiger partial charge in [-0.15, -0.1) is 0 Å². The van der Waals surface area contributed by atoms with Gasteiger partial charge in [-0.2, -0.15) is 0 Å². The SMILES string of the molecule is CCN1CCOC(C(=O)NCCN)C1. The van der Waals surface area contributed by atoms with Gasteiger partial charge in [0, 0.05) is 26.2 Å². The number of likely N-dealkylation sites (N-methyl/N-ethyl adjacent to an activating group) is 1. The molecule has 3 N–H and O–H groups in total. The van der Waals surface area contributed by atoms with Crippen molar-refractivity contribution in [2.45, 2.75) is 13.0 Å². The standard InChI is InChI=1S/C9H19N3O2/c1-2-12-5-6-14-8(7-12)9(13)11-4-3-10/h8H,2-7,10H2,1H3,(H,11,13). The minimum Gasteiger partial charge on any atom is -0.366 e. The lowest BCUT2D eigenvalue weighted by atomic mass is 10.2. The fourth-order valence-corrected chi connectivity index (χ4v) is 1.46. The van der Waals surface area contributed by atoms with Crippen LogP contribution in [0.2, 0.25) is 0 Å². The van der Waals surface area contributed by atoms with Crippen LogP contribution in [0.1, 0.15) is 6.92 Å². The first-order valence-electron chi connectivity index (χ1n) is 5.09. The van der Waals surface area contributed by atoms with E-state index in [-0.39, 0.29) is 12.0 Å². The molecule has 1 rings (SSSR count). The molecule has 0 aromatic rings. The Bertz CT molecular complexity index is 187. The second-order valence-corrected chi connectivity index (χ2v) is 3.33. The minimum atomic E-state index is -0.324. The lowest BCUT2D eigenvalue weighted by molar-refractivity contribution is -0.138. The molecule has 1 amide bonds. The summed E-state index contributed by atoms with van der Waals surface area (Å²) in [6.45, 7) is 6.27. The van der Waals surface area contributed by atoms with Gasteiger partial charge in [0.1, 0.15) is 6.10 Å². The summed E-state index contributed by atoms with van der Waals surface area (Å²) in [4.78, 5) is 13.7. The van der Waals surface area contributed by atoms with Gasteiger partial charge in [0.05, 0.1) is 6.61 Å². The Morgan fingerprint density at radius 2 is 2.50 bits per heavy atom. The molecule has 5 nitrogen and oxygen atoms in total. The highest BCUT2D eigenvalue weighted by molar-refractivity contribution is 5.81. The quantitative estimate of drug-likeness (QED) is 0.598. The second-order valence-electron chi connectivity index (χ2n) is 3.33. The van der Waals surface area contributed by atoms with E-state index in [2.05, 4.69) is 17.1 Å². The van der Waals surface area contributed by atoms with E-state index >= 15 is 0 Å². The number of morpholine rings is 1. The normalized spacial score (nSPS) is 23.4. The molecule has 82 valence electrons. The van der Waals surface area contributed by atoms with Crippen LogP contribution < -0.4 is 11.1 Å². The van der Waals surface area contributed by atoms with Crippen molar-refractivity contribution in [1.82, 2.24) is 10.2 Å². The number of hydrogen-bond donors (Lipinski definition) is 2.